The van der Waals surface area contributed by atoms with Gasteiger partial charge in [0.05, 0.1) is 10.8 Å². The topological polar surface area (TPSA) is 72.2 Å². The highest BCUT2D eigenvalue weighted by Gasteiger charge is 2.31. The first kappa shape index (κ1) is 17.1. The molecule has 0 fully saturated rings. The van der Waals surface area contributed by atoms with Crippen molar-refractivity contribution in [2.75, 3.05) is 0 Å². The van der Waals surface area contributed by atoms with Crippen LogP contribution in [0.2, 0.25) is 0 Å². The van der Waals surface area contributed by atoms with Crippen LogP contribution in [0.1, 0.15) is 62.7 Å². The molecule has 0 radical (unpaired) electrons. The molecule has 0 atom stereocenters. The molecule has 24 heavy (non-hydrogen) atoms. The standard InChI is InChI=1S/C18H24N2O3S/c1-10(2)14-19-15-13(11-7-5-6-8-12(11)24-15)16(21)20(14)9-18(3,4)17(22)23/h10H,5-9H2,1-4H3,(H,22,23). The molecular formula is C18H24N2O3S. The van der Waals surface area contributed by atoms with Crippen molar-refractivity contribution in [3.8, 4) is 0 Å². The minimum absolute atomic E-state index is 0.0609. The average molecular weight is 348 g/mol. The first-order valence-electron chi connectivity index (χ1n) is 8.50. The number of rotatable bonds is 4. The molecular weight excluding hydrogens is 324 g/mol. The Bertz CT molecular complexity index is 861. The van der Waals surface area contributed by atoms with Crippen LogP contribution < -0.4 is 5.56 Å². The highest BCUT2D eigenvalue weighted by Crippen LogP contribution is 2.34. The van der Waals surface area contributed by atoms with E-state index in [1.165, 1.54) is 4.88 Å². The van der Waals surface area contributed by atoms with Gasteiger partial charge < -0.3 is 5.11 Å². The lowest BCUT2D eigenvalue weighted by Crippen LogP contribution is -2.36. The predicted molar refractivity (Wildman–Crippen MR) is 96.0 cm³/mol. The van der Waals surface area contributed by atoms with Gasteiger partial charge in [0.1, 0.15) is 10.7 Å². The molecule has 0 aliphatic heterocycles. The van der Waals surface area contributed by atoms with E-state index in [2.05, 4.69) is 0 Å². The van der Waals surface area contributed by atoms with Gasteiger partial charge in [-0.25, -0.2) is 4.98 Å². The third-order valence-electron chi connectivity index (χ3n) is 4.75. The maximum absolute atomic E-state index is 13.2. The SMILES string of the molecule is CC(C)c1nc2sc3c(c2c(=O)n1CC(C)(C)C(=O)O)CCCC3. The number of hydrogen-bond acceptors (Lipinski definition) is 4. The maximum atomic E-state index is 13.2. The third kappa shape index (κ3) is 2.77. The molecule has 3 rings (SSSR count). The molecule has 0 saturated carbocycles. The van der Waals surface area contributed by atoms with E-state index in [4.69, 9.17) is 4.98 Å². The number of nitrogens with zero attached hydrogens (tertiary/aromatic N) is 2. The molecule has 0 spiro atoms. The fraction of sp³-hybridized carbons (Fsp3) is 0.611. The van der Waals surface area contributed by atoms with Gasteiger partial charge in [-0.15, -0.1) is 11.3 Å². The average Bonchev–Trinajstić information content (AvgIpc) is 2.87. The number of hydrogen-bond donors (Lipinski definition) is 1. The predicted octanol–water partition coefficient (Wildman–Crippen LogP) is 3.57. The van der Waals surface area contributed by atoms with Gasteiger partial charge in [0.15, 0.2) is 0 Å². The van der Waals surface area contributed by atoms with Gasteiger partial charge >= 0.3 is 5.97 Å². The number of carboxylic acids is 1. The molecule has 0 saturated heterocycles. The molecule has 2 heterocycles. The zero-order valence-electron chi connectivity index (χ0n) is 14.7. The zero-order valence-corrected chi connectivity index (χ0v) is 15.5. The second-order valence-corrected chi connectivity index (χ2v) is 8.68. The Morgan fingerprint density at radius 2 is 2.00 bits per heavy atom. The van der Waals surface area contributed by atoms with Gasteiger partial charge in [0.25, 0.3) is 5.56 Å². The van der Waals surface area contributed by atoms with Crippen molar-refractivity contribution in [2.24, 2.45) is 5.41 Å². The van der Waals surface area contributed by atoms with Gasteiger partial charge in [0.2, 0.25) is 0 Å². The van der Waals surface area contributed by atoms with E-state index in [1.807, 2.05) is 13.8 Å². The molecule has 1 aliphatic carbocycles. The fourth-order valence-corrected chi connectivity index (χ4v) is 4.57. The van der Waals surface area contributed by atoms with Gasteiger partial charge in [-0.3, -0.25) is 14.2 Å². The molecule has 2 aromatic heterocycles. The Hall–Kier alpha value is -1.69. The Morgan fingerprint density at radius 3 is 2.62 bits per heavy atom. The summed E-state index contributed by atoms with van der Waals surface area (Å²) >= 11 is 1.64. The van der Waals surface area contributed by atoms with Gasteiger partial charge in [0, 0.05) is 17.3 Å². The fourth-order valence-electron chi connectivity index (χ4n) is 3.31. The van der Waals surface area contributed by atoms with Gasteiger partial charge in [-0.1, -0.05) is 13.8 Å². The second kappa shape index (κ2) is 5.99. The van der Waals surface area contributed by atoms with E-state index in [0.29, 0.717) is 5.82 Å². The minimum atomic E-state index is -1.01. The summed E-state index contributed by atoms with van der Waals surface area (Å²) in [4.78, 5) is 31.6. The lowest BCUT2D eigenvalue weighted by atomic mass is 9.93. The summed E-state index contributed by atoms with van der Waals surface area (Å²) < 4.78 is 1.60. The monoisotopic (exact) mass is 348 g/mol. The van der Waals surface area contributed by atoms with Crippen molar-refractivity contribution in [2.45, 2.75) is 65.8 Å². The van der Waals surface area contributed by atoms with Crippen LogP contribution in [0.15, 0.2) is 4.79 Å². The van der Waals surface area contributed by atoms with Crippen LogP contribution in [0, 0.1) is 5.41 Å². The summed E-state index contributed by atoms with van der Waals surface area (Å²) in [6, 6.07) is 0. The molecule has 130 valence electrons. The number of aryl methyl sites for hydroxylation is 2. The number of carbonyl (C=O) groups is 1. The van der Waals surface area contributed by atoms with Crippen LogP contribution in [0.25, 0.3) is 10.2 Å². The van der Waals surface area contributed by atoms with Gasteiger partial charge in [-0.2, -0.15) is 0 Å². The van der Waals surface area contributed by atoms with Crippen molar-refractivity contribution in [3.63, 3.8) is 0 Å². The lowest BCUT2D eigenvalue weighted by molar-refractivity contribution is -0.147. The first-order chi connectivity index (χ1) is 11.2. The van der Waals surface area contributed by atoms with Crippen molar-refractivity contribution >= 4 is 27.5 Å². The molecule has 6 heteroatoms. The van der Waals surface area contributed by atoms with E-state index < -0.39 is 11.4 Å². The van der Waals surface area contributed by atoms with Crippen LogP contribution in [0.5, 0.6) is 0 Å². The number of aliphatic carboxylic acids is 1. The highest BCUT2D eigenvalue weighted by molar-refractivity contribution is 7.18. The summed E-state index contributed by atoms with van der Waals surface area (Å²) in [5, 5.41) is 10.2. The minimum Gasteiger partial charge on any atom is -0.481 e. The largest absolute Gasteiger partial charge is 0.481 e. The van der Waals surface area contributed by atoms with Crippen molar-refractivity contribution in [1.29, 1.82) is 0 Å². The Kier molecular flexibility index (Phi) is 4.28. The van der Waals surface area contributed by atoms with Gasteiger partial charge in [-0.05, 0) is 45.1 Å². The van der Waals surface area contributed by atoms with Crippen molar-refractivity contribution in [1.82, 2.24) is 9.55 Å². The van der Waals surface area contributed by atoms with Crippen molar-refractivity contribution in [3.05, 3.63) is 26.6 Å². The molecule has 5 nitrogen and oxygen atoms in total. The zero-order chi connectivity index (χ0) is 17.6. The van der Waals surface area contributed by atoms with Crippen molar-refractivity contribution < 1.29 is 9.90 Å². The van der Waals surface area contributed by atoms with Crippen LogP contribution in [-0.4, -0.2) is 20.6 Å². The summed E-state index contributed by atoms with van der Waals surface area (Å²) in [7, 11) is 0. The number of aromatic nitrogens is 2. The third-order valence-corrected chi connectivity index (χ3v) is 5.94. The summed E-state index contributed by atoms with van der Waals surface area (Å²) in [5.41, 5.74) is 0.0622. The normalized spacial score (nSPS) is 15.0. The van der Waals surface area contributed by atoms with E-state index in [-0.39, 0.29) is 18.0 Å². The second-order valence-electron chi connectivity index (χ2n) is 7.60. The van der Waals surface area contributed by atoms with Crippen LogP contribution in [0.4, 0.5) is 0 Å². The Balaban J connectivity index is 2.26. The molecule has 1 N–H and O–H groups in total. The Labute approximate surface area is 145 Å². The maximum Gasteiger partial charge on any atom is 0.310 e. The van der Waals surface area contributed by atoms with Crippen LogP contribution in [0.3, 0.4) is 0 Å². The summed E-state index contributed by atoms with van der Waals surface area (Å²) in [6.45, 7) is 7.43. The summed E-state index contributed by atoms with van der Waals surface area (Å²) in [5.74, 6) is -0.164. The van der Waals surface area contributed by atoms with E-state index in [9.17, 15) is 14.7 Å². The van der Waals surface area contributed by atoms with E-state index in [0.717, 1.165) is 41.5 Å². The highest BCUT2D eigenvalue weighted by atomic mass is 32.1. The quantitative estimate of drug-likeness (QED) is 0.917. The first-order valence-corrected chi connectivity index (χ1v) is 9.32. The molecule has 0 unspecified atom stereocenters. The molecule has 0 amide bonds. The Morgan fingerprint density at radius 1 is 1.33 bits per heavy atom. The smallest absolute Gasteiger partial charge is 0.310 e. The van der Waals surface area contributed by atoms with Crippen LogP contribution >= 0.6 is 11.3 Å². The molecule has 0 aromatic carbocycles. The van der Waals surface area contributed by atoms with E-state index >= 15 is 0 Å². The molecule has 1 aliphatic rings. The van der Waals surface area contributed by atoms with Crippen LogP contribution in [-0.2, 0) is 24.2 Å². The number of fused-ring (bicyclic) bond motifs is 3. The molecule has 2 aromatic rings. The number of carboxylic acid groups (broad SMARTS) is 1. The molecule has 0 bridgehead atoms. The lowest BCUT2D eigenvalue weighted by Gasteiger charge is -2.23. The summed E-state index contributed by atoms with van der Waals surface area (Å²) in [6.07, 6.45) is 4.21. The van der Waals surface area contributed by atoms with E-state index in [1.54, 1.807) is 29.8 Å². The number of thiophene rings is 1.